The summed E-state index contributed by atoms with van der Waals surface area (Å²) in [6.45, 7) is -0.335. The standard InChI is InChI=1S/C19H15NO4/c1-2-12-20-17(21)13-24-19(23)16-10-8-15(9-11-16)18(22)14-6-4-3-5-7-14/h1,3-11H,12-13H2,(H,20,21). The predicted octanol–water partition coefficient (Wildman–Crippen LogP) is 1.82. The third-order valence-electron chi connectivity index (χ3n) is 3.14. The van der Waals surface area contributed by atoms with Gasteiger partial charge in [0.05, 0.1) is 12.1 Å². The van der Waals surface area contributed by atoms with Gasteiger partial charge in [-0.05, 0) is 12.1 Å². The van der Waals surface area contributed by atoms with Crippen molar-refractivity contribution in [2.45, 2.75) is 0 Å². The van der Waals surface area contributed by atoms with Crippen molar-refractivity contribution in [3.05, 3.63) is 71.3 Å². The zero-order valence-corrected chi connectivity index (χ0v) is 12.8. The molecular weight excluding hydrogens is 306 g/mol. The van der Waals surface area contributed by atoms with Gasteiger partial charge in [-0.1, -0.05) is 48.4 Å². The third kappa shape index (κ3) is 4.55. The van der Waals surface area contributed by atoms with Crippen molar-refractivity contribution < 1.29 is 19.1 Å². The molecule has 0 heterocycles. The largest absolute Gasteiger partial charge is 0.452 e. The smallest absolute Gasteiger partial charge is 0.338 e. The average Bonchev–Trinajstić information content (AvgIpc) is 2.64. The van der Waals surface area contributed by atoms with Crippen LogP contribution < -0.4 is 5.32 Å². The summed E-state index contributed by atoms with van der Waals surface area (Å²) in [5.74, 6) is 0.985. The van der Waals surface area contributed by atoms with Gasteiger partial charge in [0.25, 0.3) is 5.91 Å². The number of amides is 1. The summed E-state index contributed by atoms with van der Waals surface area (Å²) in [7, 11) is 0. The van der Waals surface area contributed by atoms with Crippen LogP contribution in [0, 0.1) is 12.3 Å². The summed E-state index contributed by atoms with van der Waals surface area (Å²) in [5.41, 5.74) is 1.28. The number of ketones is 1. The first kappa shape index (κ1) is 17.0. The zero-order chi connectivity index (χ0) is 17.4. The average molecular weight is 321 g/mol. The Labute approximate surface area is 139 Å². The highest BCUT2D eigenvalue weighted by molar-refractivity contribution is 6.09. The quantitative estimate of drug-likeness (QED) is 0.500. The molecule has 0 aliphatic rings. The summed E-state index contributed by atoms with van der Waals surface area (Å²) in [6, 6.07) is 14.9. The number of hydrogen-bond acceptors (Lipinski definition) is 4. The lowest BCUT2D eigenvalue weighted by atomic mass is 10.0. The summed E-state index contributed by atoms with van der Waals surface area (Å²) in [4.78, 5) is 35.4. The number of carbonyl (C=O) groups is 3. The third-order valence-corrected chi connectivity index (χ3v) is 3.14. The summed E-state index contributed by atoms with van der Waals surface area (Å²) >= 11 is 0. The van der Waals surface area contributed by atoms with E-state index in [9.17, 15) is 14.4 Å². The minimum absolute atomic E-state index is 0.0761. The van der Waals surface area contributed by atoms with Gasteiger partial charge in [-0.25, -0.2) is 4.79 Å². The molecule has 0 aromatic heterocycles. The predicted molar refractivity (Wildman–Crippen MR) is 88.4 cm³/mol. The highest BCUT2D eigenvalue weighted by Crippen LogP contribution is 2.11. The molecule has 0 saturated heterocycles. The SMILES string of the molecule is C#CCNC(=O)COC(=O)c1ccc(C(=O)c2ccccc2)cc1. The van der Waals surface area contributed by atoms with Crippen molar-refractivity contribution in [2.75, 3.05) is 13.2 Å². The molecule has 1 amide bonds. The molecule has 120 valence electrons. The second-order valence-electron chi connectivity index (χ2n) is 4.83. The molecule has 0 bridgehead atoms. The Bertz CT molecular complexity index is 773. The Kier molecular flexibility index (Phi) is 5.87. The minimum Gasteiger partial charge on any atom is -0.452 e. The van der Waals surface area contributed by atoms with Crippen LogP contribution in [0.1, 0.15) is 26.3 Å². The molecule has 1 N–H and O–H groups in total. The first-order valence-electron chi connectivity index (χ1n) is 7.19. The Hall–Kier alpha value is -3.39. The Balaban J connectivity index is 1.96. The van der Waals surface area contributed by atoms with Crippen molar-refractivity contribution in [1.29, 1.82) is 0 Å². The summed E-state index contributed by atoms with van der Waals surface area (Å²) in [5, 5.41) is 2.38. The number of rotatable bonds is 6. The molecule has 2 aromatic rings. The molecule has 2 aromatic carbocycles. The monoisotopic (exact) mass is 321 g/mol. The van der Waals surface area contributed by atoms with E-state index in [-0.39, 0.29) is 17.9 Å². The Morgan fingerprint density at radius 2 is 1.50 bits per heavy atom. The number of nitrogens with one attached hydrogen (secondary N) is 1. The molecule has 24 heavy (non-hydrogen) atoms. The number of terminal acetylenes is 1. The minimum atomic E-state index is -0.649. The molecule has 0 saturated carbocycles. The van der Waals surface area contributed by atoms with Crippen LogP contribution in [-0.2, 0) is 9.53 Å². The van der Waals surface area contributed by atoms with Crippen molar-refractivity contribution in [3.8, 4) is 12.3 Å². The maximum Gasteiger partial charge on any atom is 0.338 e. The van der Waals surface area contributed by atoms with E-state index < -0.39 is 18.5 Å². The van der Waals surface area contributed by atoms with Gasteiger partial charge in [-0.3, -0.25) is 9.59 Å². The van der Waals surface area contributed by atoms with E-state index in [1.807, 2.05) is 6.07 Å². The van der Waals surface area contributed by atoms with Crippen LogP contribution in [0.15, 0.2) is 54.6 Å². The van der Waals surface area contributed by atoms with Crippen LogP contribution in [0.25, 0.3) is 0 Å². The first-order chi connectivity index (χ1) is 11.6. The second-order valence-corrected chi connectivity index (χ2v) is 4.83. The lowest BCUT2D eigenvalue weighted by molar-refractivity contribution is -0.123. The zero-order valence-electron chi connectivity index (χ0n) is 12.8. The number of ether oxygens (including phenoxy) is 1. The van der Waals surface area contributed by atoms with E-state index >= 15 is 0 Å². The number of hydrogen-bond donors (Lipinski definition) is 1. The van der Waals surface area contributed by atoms with Crippen molar-refractivity contribution in [3.63, 3.8) is 0 Å². The molecule has 5 nitrogen and oxygen atoms in total. The molecular formula is C19H15NO4. The Morgan fingerprint density at radius 3 is 2.12 bits per heavy atom. The highest BCUT2D eigenvalue weighted by atomic mass is 16.5. The molecule has 5 heteroatoms. The van der Waals surface area contributed by atoms with Crippen LogP contribution in [0.3, 0.4) is 0 Å². The molecule has 0 aliphatic heterocycles. The lowest BCUT2D eigenvalue weighted by Crippen LogP contribution is -2.29. The molecule has 0 atom stereocenters. The molecule has 0 fully saturated rings. The summed E-state index contributed by atoms with van der Waals surface area (Å²) in [6.07, 6.45) is 5.00. The summed E-state index contributed by atoms with van der Waals surface area (Å²) < 4.78 is 4.87. The van der Waals surface area contributed by atoms with E-state index in [0.29, 0.717) is 11.1 Å². The maximum absolute atomic E-state index is 12.3. The van der Waals surface area contributed by atoms with Crippen LogP contribution >= 0.6 is 0 Å². The van der Waals surface area contributed by atoms with E-state index in [2.05, 4.69) is 11.2 Å². The van der Waals surface area contributed by atoms with Crippen molar-refractivity contribution >= 4 is 17.7 Å². The van der Waals surface area contributed by atoms with Gasteiger partial charge in [-0.15, -0.1) is 6.42 Å². The van der Waals surface area contributed by atoms with E-state index in [4.69, 9.17) is 11.2 Å². The molecule has 0 aliphatic carbocycles. The highest BCUT2D eigenvalue weighted by Gasteiger charge is 2.12. The van der Waals surface area contributed by atoms with Gasteiger partial charge in [0.15, 0.2) is 12.4 Å². The normalized spacial score (nSPS) is 9.62. The Morgan fingerprint density at radius 1 is 0.917 bits per heavy atom. The lowest BCUT2D eigenvalue weighted by Gasteiger charge is -2.06. The van der Waals surface area contributed by atoms with Gasteiger partial charge in [0.1, 0.15) is 0 Å². The molecule has 0 radical (unpaired) electrons. The van der Waals surface area contributed by atoms with Gasteiger partial charge in [-0.2, -0.15) is 0 Å². The van der Waals surface area contributed by atoms with Crippen LogP contribution in [0.5, 0.6) is 0 Å². The fraction of sp³-hybridized carbons (Fsp3) is 0.105. The van der Waals surface area contributed by atoms with E-state index in [0.717, 1.165) is 0 Å². The van der Waals surface area contributed by atoms with Gasteiger partial charge < -0.3 is 10.1 Å². The van der Waals surface area contributed by atoms with E-state index in [1.165, 1.54) is 12.1 Å². The van der Waals surface area contributed by atoms with Crippen LogP contribution in [-0.4, -0.2) is 30.8 Å². The first-order valence-corrected chi connectivity index (χ1v) is 7.19. The number of esters is 1. The number of carbonyl (C=O) groups excluding carboxylic acids is 3. The van der Waals surface area contributed by atoms with E-state index in [1.54, 1.807) is 36.4 Å². The fourth-order valence-corrected chi connectivity index (χ4v) is 1.93. The fourth-order valence-electron chi connectivity index (χ4n) is 1.93. The maximum atomic E-state index is 12.3. The van der Waals surface area contributed by atoms with Gasteiger partial charge >= 0.3 is 5.97 Å². The molecule has 2 rings (SSSR count). The van der Waals surface area contributed by atoms with Crippen LogP contribution in [0.4, 0.5) is 0 Å². The van der Waals surface area contributed by atoms with Gasteiger partial charge in [0.2, 0.25) is 0 Å². The molecule has 0 unspecified atom stereocenters. The van der Waals surface area contributed by atoms with Crippen molar-refractivity contribution in [1.82, 2.24) is 5.32 Å². The molecule has 0 spiro atoms. The topological polar surface area (TPSA) is 72.5 Å². The number of benzene rings is 2. The second kappa shape index (κ2) is 8.30. The van der Waals surface area contributed by atoms with Crippen molar-refractivity contribution in [2.24, 2.45) is 0 Å². The van der Waals surface area contributed by atoms with Crippen LogP contribution in [0.2, 0.25) is 0 Å². The van der Waals surface area contributed by atoms with Gasteiger partial charge in [0, 0.05) is 11.1 Å².